The summed E-state index contributed by atoms with van der Waals surface area (Å²) in [7, 11) is 0. The molecule has 1 aromatic rings. The molecule has 1 aliphatic heterocycles. The molecule has 1 aliphatic rings. The lowest BCUT2D eigenvalue weighted by molar-refractivity contribution is -0.0244. The van der Waals surface area contributed by atoms with Gasteiger partial charge in [0, 0.05) is 6.20 Å². The molecule has 0 unspecified atom stereocenters. The highest BCUT2D eigenvalue weighted by Crippen LogP contribution is 2.38. The van der Waals surface area contributed by atoms with E-state index in [-0.39, 0.29) is 11.4 Å². The van der Waals surface area contributed by atoms with E-state index in [2.05, 4.69) is 4.98 Å². The topological polar surface area (TPSA) is 22.1 Å². The van der Waals surface area contributed by atoms with Gasteiger partial charge >= 0.3 is 5.92 Å². The summed E-state index contributed by atoms with van der Waals surface area (Å²) < 4.78 is 30.2. The summed E-state index contributed by atoms with van der Waals surface area (Å²) in [6, 6.07) is 3.06. The molecular weight excluding hydrogens is 152 g/mol. The van der Waals surface area contributed by atoms with Gasteiger partial charge < -0.3 is 4.74 Å². The quantitative estimate of drug-likeness (QED) is 0.570. The third-order valence-corrected chi connectivity index (χ3v) is 1.53. The van der Waals surface area contributed by atoms with Crippen molar-refractivity contribution in [1.82, 2.24) is 4.98 Å². The fourth-order valence-electron chi connectivity index (χ4n) is 1.02. The van der Waals surface area contributed by atoms with Gasteiger partial charge in [-0.2, -0.15) is 8.78 Å². The van der Waals surface area contributed by atoms with Gasteiger partial charge in [0.15, 0.2) is 12.3 Å². The van der Waals surface area contributed by atoms with Crippen LogP contribution in [0.15, 0.2) is 18.3 Å². The normalized spacial score (nSPS) is 19.1. The van der Waals surface area contributed by atoms with Gasteiger partial charge in [-0.05, 0) is 12.1 Å². The summed E-state index contributed by atoms with van der Waals surface area (Å²) >= 11 is 0. The summed E-state index contributed by atoms with van der Waals surface area (Å²) in [6.07, 6.45) is 1.33. The molecule has 0 atom stereocenters. The Hall–Kier alpha value is -1.19. The van der Waals surface area contributed by atoms with Crippen molar-refractivity contribution in [2.45, 2.75) is 5.92 Å². The third-order valence-electron chi connectivity index (χ3n) is 1.53. The Balaban J connectivity index is 2.56. The highest BCUT2D eigenvalue weighted by molar-refractivity contribution is 5.34. The average Bonchev–Trinajstić information content (AvgIpc) is 2.29. The first-order valence-corrected chi connectivity index (χ1v) is 3.16. The van der Waals surface area contributed by atoms with Gasteiger partial charge in [0.1, 0.15) is 5.75 Å². The number of pyridine rings is 1. The van der Waals surface area contributed by atoms with Crippen LogP contribution in [-0.4, -0.2) is 11.6 Å². The van der Waals surface area contributed by atoms with Crippen molar-refractivity contribution >= 4 is 0 Å². The molecule has 2 heterocycles. The van der Waals surface area contributed by atoms with Crippen LogP contribution < -0.4 is 4.74 Å². The fourth-order valence-corrected chi connectivity index (χ4v) is 1.02. The maximum absolute atomic E-state index is 12.7. The van der Waals surface area contributed by atoms with Crippen molar-refractivity contribution in [2.75, 3.05) is 6.61 Å². The Kier molecular flexibility index (Phi) is 1.13. The molecule has 2 rings (SSSR count). The molecule has 0 amide bonds. The first-order valence-electron chi connectivity index (χ1n) is 3.16. The number of hydrogen-bond donors (Lipinski definition) is 0. The lowest BCUT2D eigenvalue weighted by Gasteiger charge is -2.03. The molecule has 0 N–H and O–H groups in total. The van der Waals surface area contributed by atoms with Gasteiger partial charge in [-0.15, -0.1) is 0 Å². The van der Waals surface area contributed by atoms with Crippen LogP contribution in [0.1, 0.15) is 5.69 Å². The molecule has 4 heteroatoms. The van der Waals surface area contributed by atoms with Crippen molar-refractivity contribution in [2.24, 2.45) is 0 Å². The molecule has 0 radical (unpaired) electrons. The Bertz CT molecular complexity index is 288. The number of rotatable bonds is 0. The van der Waals surface area contributed by atoms with Gasteiger partial charge in [-0.3, -0.25) is 4.98 Å². The number of halogens is 2. The summed E-state index contributed by atoms with van der Waals surface area (Å²) in [5.41, 5.74) is -0.250. The maximum atomic E-state index is 12.7. The lowest BCUT2D eigenvalue weighted by Crippen LogP contribution is -2.15. The van der Waals surface area contributed by atoms with E-state index >= 15 is 0 Å². The zero-order chi connectivity index (χ0) is 7.90. The SMILES string of the molecule is FC1(F)COc2cccnc21. The van der Waals surface area contributed by atoms with Crippen LogP contribution in [0.5, 0.6) is 5.75 Å². The van der Waals surface area contributed by atoms with Crippen molar-refractivity contribution in [3.63, 3.8) is 0 Å². The van der Waals surface area contributed by atoms with Crippen molar-refractivity contribution in [1.29, 1.82) is 0 Å². The zero-order valence-electron chi connectivity index (χ0n) is 5.55. The molecule has 0 bridgehead atoms. The van der Waals surface area contributed by atoms with E-state index in [9.17, 15) is 8.78 Å². The second-order valence-corrected chi connectivity index (χ2v) is 2.34. The first-order chi connectivity index (χ1) is 5.20. The second-order valence-electron chi connectivity index (χ2n) is 2.34. The molecule has 11 heavy (non-hydrogen) atoms. The van der Waals surface area contributed by atoms with Crippen LogP contribution in [0.25, 0.3) is 0 Å². The zero-order valence-corrected chi connectivity index (χ0v) is 5.55. The largest absolute Gasteiger partial charge is 0.485 e. The van der Waals surface area contributed by atoms with Crippen LogP contribution in [-0.2, 0) is 5.92 Å². The molecule has 1 aromatic heterocycles. The molecule has 0 spiro atoms. The van der Waals surface area contributed by atoms with Crippen molar-refractivity contribution in [3.05, 3.63) is 24.0 Å². The number of ether oxygens (including phenoxy) is 1. The van der Waals surface area contributed by atoms with E-state index in [1.54, 1.807) is 6.07 Å². The summed E-state index contributed by atoms with van der Waals surface area (Å²) in [6.45, 7) is -0.584. The second kappa shape index (κ2) is 1.90. The lowest BCUT2D eigenvalue weighted by atomic mass is 10.2. The van der Waals surface area contributed by atoms with Crippen LogP contribution in [0.2, 0.25) is 0 Å². The molecular formula is C7H5F2NO. The summed E-state index contributed by atoms with van der Waals surface area (Å²) in [4.78, 5) is 3.54. The van der Waals surface area contributed by atoms with Gasteiger partial charge in [-0.25, -0.2) is 0 Å². The van der Waals surface area contributed by atoms with Gasteiger partial charge in [-0.1, -0.05) is 0 Å². The molecule has 0 aliphatic carbocycles. The van der Waals surface area contributed by atoms with E-state index in [1.165, 1.54) is 12.3 Å². The van der Waals surface area contributed by atoms with Crippen LogP contribution in [0.3, 0.4) is 0 Å². The fraction of sp³-hybridized carbons (Fsp3) is 0.286. The monoisotopic (exact) mass is 157 g/mol. The van der Waals surface area contributed by atoms with Crippen LogP contribution in [0.4, 0.5) is 8.78 Å². The van der Waals surface area contributed by atoms with E-state index < -0.39 is 12.5 Å². The van der Waals surface area contributed by atoms with E-state index in [1.807, 2.05) is 0 Å². The summed E-state index contributed by atoms with van der Waals surface area (Å²) in [5, 5.41) is 0. The highest BCUT2D eigenvalue weighted by atomic mass is 19.3. The molecule has 0 saturated heterocycles. The number of fused-ring (bicyclic) bond motifs is 1. The predicted octanol–water partition coefficient (Wildman–Crippen LogP) is 1.57. The van der Waals surface area contributed by atoms with Gasteiger partial charge in [0.2, 0.25) is 0 Å². The van der Waals surface area contributed by atoms with Gasteiger partial charge in [0.25, 0.3) is 0 Å². The molecule has 2 nitrogen and oxygen atoms in total. The smallest absolute Gasteiger partial charge is 0.326 e. The Morgan fingerprint density at radius 1 is 1.55 bits per heavy atom. The minimum absolute atomic E-state index is 0.192. The average molecular weight is 157 g/mol. The minimum Gasteiger partial charge on any atom is -0.485 e. The molecule has 58 valence electrons. The summed E-state index contributed by atoms with van der Waals surface area (Å²) in [5.74, 6) is -2.71. The standard InChI is InChI=1S/C7H5F2NO/c8-7(9)4-11-5-2-1-3-10-6(5)7/h1-3H,4H2. The van der Waals surface area contributed by atoms with Gasteiger partial charge in [0.05, 0.1) is 0 Å². The number of hydrogen-bond acceptors (Lipinski definition) is 2. The Morgan fingerprint density at radius 2 is 2.36 bits per heavy atom. The van der Waals surface area contributed by atoms with Crippen molar-refractivity contribution < 1.29 is 13.5 Å². The van der Waals surface area contributed by atoms with Crippen LogP contribution in [0, 0.1) is 0 Å². The molecule has 0 saturated carbocycles. The number of alkyl halides is 2. The van der Waals surface area contributed by atoms with Crippen LogP contribution >= 0.6 is 0 Å². The Labute approximate surface area is 61.8 Å². The maximum Gasteiger partial charge on any atom is 0.326 e. The third kappa shape index (κ3) is 0.859. The minimum atomic E-state index is -2.91. The molecule has 0 aromatic carbocycles. The number of aromatic nitrogens is 1. The first kappa shape index (κ1) is 6.52. The molecule has 0 fully saturated rings. The van der Waals surface area contributed by atoms with E-state index in [4.69, 9.17) is 4.74 Å². The Morgan fingerprint density at radius 3 is 3.09 bits per heavy atom. The van der Waals surface area contributed by atoms with E-state index in [0.717, 1.165) is 0 Å². The predicted molar refractivity (Wildman–Crippen MR) is 33.6 cm³/mol. The van der Waals surface area contributed by atoms with E-state index in [0.29, 0.717) is 0 Å². The van der Waals surface area contributed by atoms with Crippen molar-refractivity contribution in [3.8, 4) is 5.75 Å². The number of nitrogens with zero attached hydrogens (tertiary/aromatic N) is 1. The highest BCUT2D eigenvalue weighted by Gasteiger charge is 2.42.